The Balaban J connectivity index is 1.66. The zero-order valence-electron chi connectivity index (χ0n) is 15.0. The van der Waals surface area contributed by atoms with Crippen molar-refractivity contribution in [2.24, 2.45) is 0 Å². The van der Waals surface area contributed by atoms with Crippen molar-refractivity contribution in [3.05, 3.63) is 71.3 Å². The van der Waals surface area contributed by atoms with E-state index in [9.17, 15) is 14.4 Å². The molecule has 0 bridgehead atoms. The number of fused-ring (bicyclic) bond motifs is 1. The normalized spacial score (nSPS) is 17.1. The van der Waals surface area contributed by atoms with Crippen molar-refractivity contribution in [2.75, 3.05) is 27.2 Å². The van der Waals surface area contributed by atoms with E-state index in [0.717, 1.165) is 6.54 Å². The lowest BCUT2D eigenvalue weighted by atomic mass is 9.84. The van der Waals surface area contributed by atoms with E-state index in [1.807, 2.05) is 25.2 Å². The predicted octanol–water partition coefficient (Wildman–Crippen LogP) is 2.07. The maximum absolute atomic E-state index is 12.7. The molecular weight excluding hydrogens is 328 g/mol. The molecule has 1 unspecified atom stereocenters. The third-order valence-electron chi connectivity index (χ3n) is 4.73. The number of hydrogen-bond donors (Lipinski definition) is 0. The fourth-order valence-electron chi connectivity index (χ4n) is 3.25. The third-order valence-corrected chi connectivity index (χ3v) is 4.73. The van der Waals surface area contributed by atoms with Gasteiger partial charge in [-0.05, 0) is 19.7 Å². The van der Waals surface area contributed by atoms with Crippen LogP contribution in [0.3, 0.4) is 0 Å². The molecule has 0 saturated carbocycles. The molecular formula is C21H22N2O3. The van der Waals surface area contributed by atoms with Crippen LogP contribution >= 0.6 is 0 Å². The van der Waals surface area contributed by atoms with Crippen molar-refractivity contribution in [2.45, 2.75) is 12.6 Å². The second kappa shape index (κ2) is 7.72. The molecule has 0 N–H and O–H groups in total. The fourth-order valence-corrected chi connectivity index (χ4v) is 3.25. The molecule has 0 saturated heterocycles. The number of rotatable bonds is 6. The Bertz CT molecular complexity index is 832. The highest BCUT2D eigenvalue weighted by molar-refractivity contribution is 6.53. The number of carbonyl (C=O) groups is 3. The van der Waals surface area contributed by atoms with Gasteiger partial charge in [-0.25, -0.2) is 0 Å². The average molecular weight is 350 g/mol. The van der Waals surface area contributed by atoms with Gasteiger partial charge in [0.15, 0.2) is 5.78 Å². The van der Waals surface area contributed by atoms with Gasteiger partial charge in [-0.2, -0.15) is 0 Å². The van der Waals surface area contributed by atoms with Crippen LogP contribution in [-0.4, -0.2) is 60.4 Å². The van der Waals surface area contributed by atoms with Gasteiger partial charge in [0, 0.05) is 30.8 Å². The standard InChI is InChI=1S/C21H22N2O3/c1-22(14-15-8-4-3-5-9-15)12-13-23(2)18-19(24)16-10-6-7-11-17(16)20(25)21(18)26/h3-11,18H,12-14H2,1-2H3. The third kappa shape index (κ3) is 3.64. The van der Waals surface area contributed by atoms with Crippen LogP contribution in [0.1, 0.15) is 26.3 Å². The maximum atomic E-state index is 12.7. The van der Waals surface area contributed by atoms with Gasteiger partial charge in [-0.1, -0.05) is 54.6 Å². The highest BCUT2D eigenvalue weighted by Gasteiger charge is 2.42. The number of benzene rings is 2. The minimum absolute atomic E-state index is 0.216. The first kappa shape index (κ1) is 18.2. The van der Waals surface area contributed by atoms with Crippen LogP contribution in [-0.2, 0) is 11.3 Å². The number of likely N-dealkylation sites (N-methyl/N-ethyl adjacent to an activating group) is 2. The largest absolute Gasteiger partial charge is 0.301 e. The smallest absolute Gasteiger partial charge is 0.231 e. The maximum Gasteiger partial charge on any atom is 0.231 e. The van der Waals surface area contributed by atoms with Gasteiger partial charge in [0.2, 0.25) is 11.6 Å². The van der Waals surface area contributed by atoms with Gasteiger partial charge in [0.1, 0.15) is 6.04 Å². The lowest BCUT2D eigenvalue weighted by Gasteiger charge is -2.30. The topological polar surface area (TPSA) is 57.7 Å². The number of Topliss-reactive ketones (excluding diaryl/α,β-unsaturated/α-hetero) is 3. The van der Waals surface area contributed by atoms with E-state index < -0.39 is 17.6 Å². The van der Waals surface area contributed by atoms with Crippen molar-refractivity contribution in [3.8, 4) is 0 Å². The Morgan fingerprint density at radius 3 is 2.08 bits per heavy atom. The van der Waals surface area contributed by atoms with Crippen molar-refractivity contribution < 1.29 is 14.4 Å². The van der Waals surface area contributed by atoms with E-state index in [0.29, 0.717) is 18.7 Å². The summed E-state index contributed by atoms with van der Waals surface area (Å²) in [5.41, 5.74) is 1.76. The number of ketones is 3. The van der Waals surface area contributed by atoms with Crippen molar-refractivity contribution in [1.29, 1.82) is 0 Å². The van der Waals surface area contributed by atoms with Crippen LogP contribution in [0.5, 0.6) is 0 Å². The SMILES string of the molecule is CN(CCN(C)C1C(=O)C(=O)c2ccccc2C1=O)Cc1ccccc1. The van der Waals surface area contributed by atoms with E-state index >= 15 is 0 Å². The van der Waals surface area contributed by atoms with E-state index in [4.69, 9.17) is 0 Å². The molecule has 0 amide bonds. The molecule has 0 spiro atoms. The lowest BCUT2D eigenvalue weighted by molar-refractivity contribution is -0.118. The van der Waals surface area contributed by atoms with E-state index in [-0.39, 0.29) is 11.3 Å². The van der Waals surface area contributed by atoms with Gasteiger partial charge < -0.3 is 4.90 Å². The van der Waals surface area contributed by atoms with Crippen LogP contribution in [0.2, 0.25) is 0 Å². The molecule has 5 heteroatoms. The summed E-state index contributed by atoms with van der Waals surface area (Å²) in [7, 11) is 3.71. The molecule has 2 aromatic rings. The van der Waals surface area contributed by atoms with Gasteiger partial charge >= 0.3 is 0 Å². The Morgan fingerprint density at radius 1 is 0.769 bits per heavy atom. The summed E-state index contributed by atoms with van der Waals surface area (Å²) in [6.07, 6.45) is 0. The lowest BCUT2D eigenvalue weighted by Crippen LogP contribution is -2.52. The highest BCUT2D eigenvalue weighted by Crippen LogP contribution is 2.22. The first-order chi connectivity index (χ1) is 12.5. The summed E-state index contributed by atoms with van der Waals surface area (Å²) >= 11 is 0. The molecule has 134 valence electrons. The summed E-state index contributed by atoms with van der Waals surface area (Å²) in [5, 5.41) is 0. The van der Waals surface area contributed by atoms with Gasteiger partial charge in [-0.15, -0.1) is 0 Å². The first-order valence-corrected chi connectivity index (χ1v) is 8.63. The Morgan fingerprint density at radius 2 is 1.38 bits per heavy atom. The predicted molar refractivity (Wildman–Crippen MR) is 99.3 cm³/mol. The van der Waals surface area contributed by atoms with Crippen LogP contribution in [0.4, 0.5) is 0 Å². The van der Waals surface area contributed by atoms with Gasteiger partial charge in [0.25, 0.3) is 0 Å². The summed E-state index contributed by atoms with van der Waals surface area (Å²) in [6, 6.07) is 15.6. The first-order valence-electron chi connectivity index (χ1n) is 8.63. The molecule has 0 fully saturated rings. The van der Waals surface area contributed by atoms with Crippen LogP contribution in [0, 0.1) is 0 Å². The molecule has 3 rings (SSSR count). The molecule has 0 aromatic heterocycles. The second-order valence-electron chi connectivity index (χ2n) is 6.71. The van der Waals surface area contributed by atoms with Crippen molar-refractivity contribution in [3.63, 3.8) is 0 Å². The number of nitrogens with zero attached hydrogens (tertiary/aromatic N) is 2. The molecule has 26 heavy (non-hydrogen) atoms. The van der Waals surface area contributed by atoms with Crippen LogP contribution in [0.25, 0.3) is 0 Å². The van der Waals surface area contributed by atoms with Gasteiger partial charge in [-0.3, -0.25) is 19.3 Å². The van der Waals surface area contributed by atoms with Crippen molar-refractivity contribution in [1.82, 2.24) is 9.80 Å². The van der Waals surface area contributed by atoms with Crippen molar-refractivity contribution >= 4 is 17.3 Å². The summed E-state index contributed by atoms with van der Waals surface area (Å²) < 4.78 is 0. The molecule has 0 heterocycles. The molecule has 5 nitrogen and oxygen atoms in total. The zero-order chi connectivity index (χ0) is 18.7. The molecule has 0 aliphatic heterocycles. The number of carbonyl (C=O) groups excluding carboxylic acids is 3. The highest BCUT2D eigenvalue weighted by atomic mass is 16.2. The zero-order valence-corrected chi connectivity index (χ0v) is 15.0. The van der Waals surface area contributed by atoms with Crippen LogP contribution in [0.15, 0.2) is 54.6 Å². The molecule has 1 aliphatic carbocycles. The molecule has 1 aliphatic rings. The summed E-state index contributed by atoms with van der Waals surface area (Å²) in [5.74, 6) is -1.50. The van der Waals surface area contributed by atoms with E-state index in [2.05, 4.69) is 17.0 Å². The van der Waals surface area contributed by atoms with E-state index in [1.54, 1.807) is 30.1 Å². The van der Waals surface area contributed by atoms with Crippen LogP contribution < -0.4 is 0 Å². The minimum atomic E-state index is -1.03. The Hall–Kier alpha value is -2.63. The molecule has 0 radical (unpaired) electrons. The quantitative estimate of drug-likeness (QED) is 0.590. The Labute approximate surface area is 153 Å². The molecule has 1 atom stereocenters. The minimum Gasteiger partial charge on any atom is -0.301 e. The second-order valence-corrected chi connectivity index (χ2v) is 6.71. The summed E-state index contributed by atoms with van der Waals surface area (Å²) in [6.45, 7) is 1.97. The fraction of sp³-hybridized carbons (Fsp3) is 0.286. The number of hydrogen-bond acceptors (Lipinski definition) is 5. The van der Waals surface area contributed by atoms with Gasteiger partial charge in [0.05, 0.1) is 0 Å². The monoisotopic (exact) mass is 350 g/mol. The van der Waals surface area contributed by atoms with E-state index in [1.165, 1.54) is 11.6 Å². The average Bonchev–Trinajstić information content (AvgIpc) is 2.65. The summed E-state index contributed by atoms with van der Waals surface area (Å²) in [4.78, 5) is 41.3. The Kier molecular flexibility index (Phi) is 5.40. The molecule has 2 aromatic carbocycles.